The van der Waals surface area contributed by atoms with E-state index in [-0.39, 0.29) is 11.5 Å². The van der Waals surface area contributed by atoms with Crippen molar-refractivity contribution in [2.75, 3.05) is 11.9 Å². The number of carbonyl (C=O) groups excluding carboxylic acids is 1. The summed E-state index contributed by atoms with van der Waals surface area (Å²) in [4.78, 5) is 24.2. The lowest BCUT2D eigenvalue weighted by atomic mass is 10.1. The van der Waals surface area contributed by atoms with E-state index in [0.29, 0.717) is 17.8 Å². The number of nitrogens with zero attached hydrogens (tertiary/aromatic N) is 4. The van der Waals surface area contributed by atoms with Crippen molar-refractivity contribution < 1.29 is 9.72 Å². The minimum atomic E-state index is -0.467. The number of benzene rings is 2. The molecule has 2 aromatic carbocycles. The molecule has 0 spiro atoms. The first-order valence-corrected chi connectivity index (χ1v) is 8.05. The molecule has 1 heterocycles. The van der Waals surface area contributed by atoms with Gasteiger partial charge in [-0.05, 0) is 31.2 Å². The number of rotatable bonds is 6. The Balaban J connectivity index is 1.84. The van der Waals surface area contributed by atoms with Gasteiger partial charge >= 0.3 is 0 Å². The number of anilines is 1. The number of para-hydroxylation sites is 1. The molecule has 7 heteroatoms. The van der Waals surface area contributed by atoms with Gasteiger partial charge in [-0.25, -0.2) is 4.68 Å². The van der Waals surface area contributed by atoms with Crippen LogP contribution >= 0.6 is 0 Å². The van der Waals surface area contributed by atoms with Crippen LogP contribution in [-0.4, -0.2) is 27.5 Å². The van der Waals surface area contributed by atoms with Gasteiger partial charge in [0.2, 0.25) is 0 Å². The fourth-order valence-corrected chi connectivity index (χ4v) is 2.73. The van der Waals surface area contributed by atoms with Gasteiger partial charge in [0.05, 0.1) is 16.8 Å². The zero-order valence-electron chi connectivity index (χ0n) is 14.5. The molecule has 3 rings (SSSR count). The first kappa shape index (κ1) is 17.3. The quantitative estimate of drug-likeness (QED) is 0.385. The van der Waals surface area contributed by atoms with Gasteiger partial charge in [-0.15, -0.1) is 0 Å². The van der Waals surface area contributed by atoms with E-state index < -0.39 is 4.92 Å². The molecule has 132 valence electrons. The molecule has 0 amide bonds. The van der Waals surface area contributed by atoms with Crippen LogP contribution in [0.3, 0.4) is 0 Å². The fraction of sp³-hybridized carbons (Fsp3) is 0.158. The second kappa shape index (κ2) is 7.18. The van der Waals surface area contributed by atoms with E-state index in [4.69, 9.17) is 0 Å². The van der Waals surface area contributed by atoms with E-state index in [9.17, 15) is 14.9 Å². The van der Waals surface area contributed by atoms with Crippen molar-refractivity contribution in [3.63, 3.8) is 0 Å². The Morgan fingerprint density at radius 3 is 2.62 bits per heavy atom. The van der Waals surface area contributed by atoms with Crippen LogP contribution in [0, 0.1) is 10.1 Å². The van der Waals surface area contributed by atoms with Crippen LogP contribution < -0.4 is 4.90 Å². The smallest absolute Gasteiger partial charge is 0.293 e. The van der Waals surface area contributed by atoms with Crippen LogP contribution in [-0.2, 0) is 6.54 Å². The van der Waals surface area contributed by atoms with E-state index in [0.717, 1.165) is 11.3 Å². The van der Waals surface area contributed by atoms with Gasteiger partial charge in [0, 0.05) is 37.0 Å². The highest BCUT2D eigenvalue weighted by molar-refractivity contribution is 5.95. The molecule has 0 aliphatic rings. The lowest BCUT2D eigenvalue weighted by Crippen LogP contribution is -2.17. The van der Waals surface area contributed by atoms with E-state index in [1.165, 1.54) is 13.0 Å². The molecule has 1 aromatic heterocycles. The number of nitro benzene ring substituents is 1. The predicted octanol–water partition coefficient (Wildman–Crippen LogP) is 3.62. The molecule has 0 aliphatic carbocycles. The van der Waals surface area contributed by atoms with E-state index >= 15 is 0 Å². The molecule has 0 aliphatic heterocycles. The van der Waals surface area contributed by atoms with Gasteiger partial charge < -0.3 is 4.90 Å². The molecule has 0 N–H and O–H groups in total. The first-order valence-electron chi connectivity index (χ1n) is 8.05. The maximum absolute atomic E-state index is 11.5. The Morgan fingerprint density at radius 2 is 1.96 bits per heavy atom. The minimum Gasteiger partial charge on any atom is -0.365 e. The standard InChI is InChI=1S/C19H18N4O3/c1-14(24)16-8-9-18(19(10-16)23(25)26)21(2)12-15-11-20-22(13-15)17-6-4-3-5-7-17/h3-11,13H,12H2,1-2H3. The number of Topliss-reactive ketones (excluding diaryl/α,β-unsaturated/α-hetero) is 1. The lowest BCUT2D eigenvalue weighted by Gasteiger charge is -2.18. The molecule has 0 radical (unpaired) electrons. The van der Waals surface area contributed by atoms with E-state index in [1.54, 1.807) is 35.0 Å². The lowest BCUT2D eigenvalue weighted by molar-refractivity contribution is -0.384. The van der Waals surface area contributed by atoms with Gasteiger partial charge in [-0.3, -0.25) is 14.9 Å². The van der Waals surface area contributed by atoms with E-state index in [2.05, 4.69) is 5.10 Å². The third kappa shape index (κ3) is 3.61. The number of ketones is 1. The van der Waals surface area contributed by atoms with Crippen LogP contribution in [0.2, 0.25) is 0 Å². The number of carbonyl (C=O) groups is 1. The molecule has 0 unspecified atom stereocenters. The number of hydrogen-bond acceptors (Lipinski definition) is 5. The van der Waals surface area contributed by atoms with Gasteiger partial charge in [0.15, 0.2) is 5.78 Å². The summed E-state index contributed by atoms with van der Waals surface area (Å²) in [6.45, 7) is 1.84. The zero-order valence-corrected chi connectivity index (χ0v) is 14.5. The third-order valence-electron chi connectivity index (χ3n) is 4.07. The Morgan fingerprint density at radius 1 is 1.23 bits per heavy atom. The highest BCUT2D eigenvalue weighted by atomic mass is 16.6. The third-order valence-corrected chi connectivity index (χ3v) is 4.07. The summed E-state index contributed by atoms with van der Waals surface area (Å²) in [7, 11) is 1.77. The number of nitro groups is 1. The summed E-state index contributed by atoms with van der Waals surface area (Å²) in [6.07, 6.45) is 3.63. The predicted molar refractivity (Wildman–Crippen MR) is 98.8 cm³/mol. The van der Waals surface area contributed by atoms with Gasteiger partial charge in [0.1, 0.15) is 5.69 Å². The molecule has 3 aromatic rings. The molecule has 0 atom stereocenters. The SMILES string of the molecule is CC(=O)c1ccc(N(C)Cc2cnn(-c3ccccc3)c2)c([N+](=O)[O-])c1. The van der Waals surface area contributed by atoms with Crippen LogP contribution in [0.4, 0.5) is 11.4 Å². The highest BCUT2D eigenvalue weighted by Gasteiger charge is 2.19. The van der Waals surface area contributed by atoms with E-state index in [1.807, 2.05) is 36.5 Å². The molecular formula is C19H18N4O3. The average Bonchev–Trinajstić information content (AvgIpc) is 3.10. The van der Waals surface area contributed by atoms with Crippen molar-refractivity contribution in [3.8, 4) is 5.69 Å². The average molecular weight is 350 g/mol. The fourth-order valence-electron chi connectivity index (χ4n) is 2.73. The molecular weight excluding hydrogens is 332 g/mol. The Bertz CT molecular complexity index is 950. The summed E-state index contributed by atoms with van der Waals surface area (Å²) in [5.41, 5.74) is 2.55. The van der Waals surface area contributed by atoms with Gasteiger partial charge in [-0.1, -0.05) is 18.2 Å². The van der Waals surface area contributed by atoms with Gasteiger partial charge in [0.25, 0.3) is 5.69 Å². The topological polar surface area (TPSA) is 81.3 Å². The van der Waals surface area contributed by atoms with Crippen LogP contribution in [0.5, 0.6) is 0 Å². The Labute approximate surface area is 150 Å². The maximum Gasteiger partial charge on any atom is 0.293 e. The number of hydrogen-bond donors (Lipinski definition) is 0. The second-order valence-electron chi connectivity index (χ2n) is 6.00. The number of aromatic nitrogens is 2. The van der Waals surface area contributed by atoms with Crippen molar-refractivity contribution in [2.45, 2.75) is 13.5 Å². The second-order valence-corrected chi connectivity index (χ2v) is 6.00. The summed E-state index contributed by atoms with van der Waals surface area (Å²) < 4.78 is 1.76. The summed E-state index contributed by atoms with van der Waals surface area (Å²) in [5.74, 6) is -0.202. The first-order chi connectivity index (χ1) is 12.5. The molecule has 7 nitrogen and oxygen atoms in total. The van der Waals surface area contributed by atoms with Crippen molar-refractivity contribution in [2.24, 2.45) is 0 Å². The highest BCUT2D eigenvalue weighted by Crippen LogP contribution is 2.29. The largest absolute Gasteiger partial charge is 0.365 e. The molecule has 0 bridgehead atoms. The van der Waals surface area contributed by atoms with Crippen molar-refractivity contribution >= 4 is 17.2 Å². The summed E-state index contributed by atoms with van der Waals surface area (Å²) in [5, 5.41) is 15.7. The monoisotopic (exact) mass is 350 g/mol. The zero-order chi connectivity index (χ0) is 18.7. The van der Waals surface area contributed by atoms with Crippen LogP contribution in [0.25, 0.3) is 5.69 Å². The molecule has 26 heavy (non-hydrogen) atoms. The summed E-state index contributed by atoms with van der Waals surface area (Å²) in [6, 6.07) is 14.2. The minimum absolute atomic E-state index is 0.0874. The van der Waals surface area contributed by atoms with Crippen LogP contribution in [0.15, 0.2) is 60.9 Å². The molecule has 0 saturated carbocycles. The Hall–Kier alpha value is -3.48. The molecule has 0 fully saturated rings. The van der Waals surface area contributed by atoms with Crippen molar-refractivity contribution in [3.05, 3.63) is 82.2 Å². The van der Waals surface area contributed by atoms with Gasteiger partial charge in [-0.2, -0.15) is 5.10 Å². The summed E-state index contributed by atoms with van der Waals surface area (Å²) >= 11 is 0. The molecule has 0 saturated heterocycles. The van der Waals surface area contributed by atoms with Crippen LogP contribution in [0.1, 0.15) is 22.8 Å². The normalized spacial score (nSPS) is 10.5. The Kier molecular flexibility index (Phi) is 4.79. The maximum atomic E-state index is 11.5. The van der Waals surface area contributed by atoms with Crippen molar-refractivity contribution in [1.29, 1.82) is 0 Å². The van der Waals surface area contributed by atoms with Crippen molar-refractivity contribution in [1.82, 2.24) is 9.78 Å².